The summed E-state index contributed by atoms with van der Waals surface area (Å²) in [6.45, 7) is 0.245. The first-order chi connectivity index (χ1) is 15.7. The molecule has 7 nitrogen and oxygen atoms in total. The van der Waals surface area contributed by atoms with Crippen LogP contribution in [-0.4, -0.2) is 21.0 Å². The molecule has 2 heterocycles. The Hall–Kier alpha value is -3.74. The first-order valence-corrected chi connectivity index (χ1v) is 11.0. The highest BCUT2D eigenvalue weighted by atomic mass is 16.5. The van der Waals surface area contributed by atoms with Crippen molar-refractivity contribution in [1.29, 1.82) is 0 Å². The number of amides is 1. The Labute approximate surface area is 184 Å². The summed E-state index contributed by atoms with van der Waals surface area (Å²) in [4.78, 5) is 22.2. The van der Waals surface area contributed by atoms with E-state index in [9.17, 15) is 4.79 Å². The summed E-state index contributed by atoms with van der Waals surface area (Å²) in [5.74, 6) is 2.68. The molecule has 0 spiro atoms. The molecular weight excluding hydrogens is 404 g/mol. The van der Waals surface area contributed by atoms with Crippen LogP contribution in [-0.2, 0) is 6.61 Å². The summed E-state index contributed by atoms with van der Waals surface area (Å²) in [6, 6.07) is 17.0. The third-order valence-electron chi connectivity index (χ3n) is 5.87. The second-order valence-corrected chi connectivity index (χ2v) is 8.48. The van der Waals surface area contributed by atoms with Gasteiger partial charge in [0, 0.05) is 28.6 Å². The van der Waals surface area contributed by atoms with Gasteiger partial charge in [-0.15, -0.1) is 0 Å². The maximum atomic E-state index is 13.1. The number of fused-ring (bicyclic) bond motifs is 1. The van der Waals surface area contributed by atoms with Gasteiger partial charge in [-0.25, -0.2) is 0 Å². The van der Waals surface area contributed by atoms with Gasteiger partial charge in [-0.2, -0.15) is 4.98 Å². The lowest BCUT2D eigenvalue weighted by Gasteiger charge is -2.11. The topological polar surface area (TPSA) is 90.1 Å². The van der Waals surface area contributed by atoms with E-state index in [4.69, 9.17) is 14.2 Å². The smallest absolute Gasteiger partial charge is 0.256 e. The van der Waals surface area contributed by atoms with E-state index in [1.807, 2.05) is 54.6 Å². The highest BCUT2D eigenvalue weighted by molar-refractivity contribution is 6.12. The number of para-hydroxylation sites is 1. The normalized spacial score (nSPS) is 15.6. The molecule has 2 saturated carbocycles. The van der Waals surface area contributed by atoms with Crippen molar-refractivity contribution in [1.82, 2.24) is 15.1 Å². The number of carbonyl (C=O) groups is 1. The summed E-state index contributed by atoms with van der Waals surface area (Å²) in [7, 11) is 0. The van der Waals surface area contributed by atoms with Gasteiger partial charge in [0.1, 0.15) is 5.75 Å². The van der Waals surface area contributed by atoms with Gasteiger partial charge < -0.3 is 14.6 Å². The third kappa shape index (κ3) is 3.93. The van der Waals surface area contributed by atoms with Gasteiger partial charge in [0.15, 0.2) is 6.61 Å². The summed E-state index contributed by atoms with van der Waals surface area (Å²) < 4.78 is 11.0. The van der Waals surface area contributed by atoms with Crippen LogP contribution < -0.4 is 10.1 Å². The minimum atomic E-state index is -0.140. The molecule has 2 aromatic heterocycles. The van der Waals surface area contributed by atoms with E-state index in [1.54, 1.807) is 0 Å². The fourth-order valence-corrected chi connectivity index (χ4v) is 3.77. The summed E-state index contributed by atoms with van der Waals surface area (Å²) >= 11 is 0. The molecule has 1 N–H and O–H groups in total. The molecule has 2 aliphatic rings. The van der Waals surface area contributed by atoms with E-state index in [2.05, 4.69) is 15.5 Å². The van der Waals surface area contributed by atoms with Crippen LogP contribution in [0.2, 0.25) is 0 Å². The van der Waals surface area contributed by atoms with Gasteiger partial charge in [0.05, 0.1) is 11.1 Å². The van der Waals surface area contributed by atoms with Crippen LogP contribution in [0.3, 0.4) is 0 Å². The fraction of sp³-hybridized carbons (Fsp3) is 0.280. The minimum Gasteiger partial charge on any atom is -0.485 e. The molecule has 0 unspecified atom stereocenters. The van der Waals surface area contributed by atoms with Gasteiger partial charge in [-0.05, 0) is 62.1 Å². The van der Waals surface area contributed by atoms with Crippen LogP contribution in [0.4, 0.5) is 5.69 Å². The summed E-state index contributed by atoms with van der Waals surface area (Å²) in [6.07, 6.45) is 4.51. The largest absolute Gasteiger partial charge is 0.485 e. The van der Waals surface area contributed by atoms with E-state index in [0.717, 1.165) is 42.3 Å². The van der Waals surface area contributed by atoms with Gasteiger partial charge >= 0.3 is 0 Å². The lowest BCUT2D eigenvalue weighted by molar-refractivity contribution is 0.102. The van der Waals surface area contributed by atoms with Crippen molar-refractivity contribution >= 4 is 22.5 Å². The lowest BCUT2D eigenvalue weighted by Crippen LogP contribution is -2.13. The number of aromatic nitrogens is 3. The van der Waals surface area contributed by atoms with Gasteiger partial charge in [0.25, 0.3) is 5.91 Å². The van der Waals surface area contributed by atoms with Gasteiger partial charge in [0.2, 0.25) is 11.7 Å². The number of carbonyl (C=O) groups excluding carboxylic acids is 1. The van der Waals surface area contributed by atoms with Crippen LogP contribution in [0.5, 0.6) is 5.75 Å². The SMILES string of the molecule is O=C(Nc1ccc(OCc2noc(C3CC3)n2)cc1)c1cc(C2CC2)nc2ccccc12. The van der Waals surface area contributed by atoms with Crippen LogP contribution >= 0.6 is 0 Å². The maximum Gasteiger partial charge on any atom is 0.256 e. The highest BCUT2D eigenvalue weighted by Gasteiger charge is 2.29. The molecule has 7 heteroatoms. The van der Waals surface area contributed by atoms with Crippen molar-refractivity contribution in [3.05, 3.63) is 77.6 Å². The molecule has 32 heavy (non-hydrogen) atoms. The number of ether oxygens (including phenoxy) is 1. The minimum absolute atomic E-state index is 0.140. The zero-order valence-corrected chi connectivity index (χ0v) is 17.5. The molecule has 0 bridgehead atoms. The number of pyridine rings is 1. The quantitative estimate of drug-likeness (QED) is 0.437. The molecule has 2 aromatic carbocycles. The Morgan fingerprint density at radius 2 is 1.78 bits per heavy atom. The standard InChI is InChI=1S/C25H22N4O3/c30-24(20-13-22(15-5-6-15)27-21-4-2-1-3-19(20)21)26-17-9-11-18(12-10-17)31-14-23-28-25(32-29-23)16-7-8-16/h1-4,9-13,15-16H,5-8,14H2,(H,26,30). The molecule has 0 atom stereocenters. The van der Waals surface area contributed by atoms with Crippen LogP contribution in [0, 0.1) is 0 Å². The highest BCUT2D eigenvalue weighted by Crippen LogP contribution is 2.40. The molecule has 0 radical (unpaired) electrons. The van der Waals surface area contributed by atoms with E-state index >= 15 is 0 Å². The van der Waals surface area contributed by atoms with E-state index in [1.165, 1.54) is 0 Å². The number of nitrogens with zero attached hydrogens (tertiary/aromatic N) is 3. The molecule has 2 fully saturated rings. The van der Waals surface area contributed by atoms with E-state index in [0.29, 0.717) is 40.6 Å². The van der Waals surface area contributed by atoms with E-state index < -0.39 is 0 Å². The monoisotopic (exact) mass is 426 g/mol. The Balaban J connectivity index is 1.14. The first kappa shape index (κ1) is 19.0. The molecule has 2 aliphatic carbocycles. The van der Waals surface area contributed by atoms with Gasteiger partial charge in [-0.3, -0.25) is 9.78 Å². The second kappa shape index (κ2) is 7.75. The Kier molecular flexibility index (Phi) is 4.60. The molecule has 6 rings (SSSR count). The predicted octanol–water partition coefficient (Wildman–Crippen LogP) is 5.20. The van der Waals surface area contributed by atoms with Crippen molar-refractivity contribution in [2.45, 2.75) is 44.1 Å². The molecule has 4 aromatic rings. The van der Waals surface area contributed by atoms with Crippen molar-refractivity contribution in [3.63, 3.8) is 0 Å². The summed E-state index contributed by atoms with van der Waals surface area (Å²) in [5.41, 5.74) is 3.22. The van der Waals surface area contributed by atoms with Crippen molar-refractivity contribution in [3.8, 4) is 5.75 Å². The average molecular weight is 426 g/mol. The Morgan fingerprint density at radius 1 is 1.00 bits per heavy atom. The molecule has 160 valence electrons. The Bertz CT molecular complexity index is 1290. The number of anilines is 1. The van der Waals surface area contributed by atoms with Gasteiger partial charge in [-0.1, -0.05) is 23.4 Å². The molecule has 0 saturated heterocycles. The number of hydrogen-bond acceptors (Lipinski definition) is 6. The number of nitrogens with one attached hydrogen (secondary N) is 1. The zero-order valence-electron chi connectivity index (χ0n) is 17.5. The van der Waals surface area contributed by atoms with Crippen LogP contribution in [0.15, 0.2) is 59.1 Å². The van der Waals surface area contributed by atoms with Crippen LogP contribution in [0.1, 0.15) is 65.3 Å². The van der Waals surface area contributed by atoms with Crippen molar-refractivity contribution < 1.29 is 14.1 Å². The molecule has 0 aliphatic heterocycles. The number of benzene rings is 2. The Morgan fingerprint density at radius 3 is 2.56 bits per heavy atom. The van der Waals surface area contributed by atoms with Crippen molar-refractivity contribution in [2.24, 2.45) is 0 Å². The molecular formula is C25H22N4O3. The number of hydrogen-bond donors (Lipinski definition) is 1. The lowest BCUT2D eigenvalue weighted by atomic mass is 10.1. The fourth-order valence-electron chi connectivity index (χ4n) is 3.77. The molecule has 1 amide bonds. The van der Waals surface area contributed by atoms with Crippen LogP contribution in [0.25, 0.3) is 10.9 Å². The first-order valence-electron chi connectivity index (χ1n) is 11.0. The van der Waals surface area contributed by atoms with E-state index in [-0.39, 0.29) is 12.5 Å². The average Bonchev–Trinajstić information content (AvgIpc) is 3.76. The summed E-state index contributed by atoms with van der Waals surface area (Å²) in [5, 5.41) is 7.82. The maximum absolute atomic E-state index is 13.1. The third-order valence-corrected chi connectivity index (χ3v) is 5.87. The predicted molar refractivity (Wildman–Crippen MR) is 119 cm³/mol. The second-order valence-electron chi connectivity index (χ2n) is 8.48. The van der Waals surface area contributed by atoms with Crippen molar-refractivity contribution in [2.75, 3.05) is 5.32 Å². The zero-order chi connectivity index (χ0) is 21.5. The number of rotatable bonds is 7.